The summed E-state index contributed by atoms with van der Waals surface area (Å²) in [5.41, 5.74) is 5.87. The largest absolute Gasteiger partial charge is 0.345 e. The molecule has 1 aliphatic heterocycles. The van der Waals surface area contributed by atoms with Gasteiger partial charge >= 0.3 is 0 Å². The maximum Gasteiger partial charge on any atom is 0.0931 e. The SMILES string of the molecule is CC12CCN[C@H](Cc3c1ccc1[nH]cnc31)C2(C)C. The molecule has 4 rings (SSSR count). The lowest BCUT2D eigenvalue weighted by molar-refractivity contribution is 0.0564. The molecule has 1 saturated heterocycles. The van der Waals surface area contributed by atoms with Gasteiger partial charge in [0.1, 0.15) is 0 Å². The predicted octanol–water partition coefficient (Wildman–Crippen LogP) is 2.76. The molecule has 3 heteroatoms. The number of nitrogens with one attached hydrogen (secondary N) is 2. The highest BCUT2D eigenvalue weighted by molar-refractivity contribution is 5.81. The fourth-order valence-electron chi connectivity index (χ4n) is 4.26. The highest BCUT2D eigenvalue weighted by atomic mass is 15.0. The molecule has 0 radical (unpaired) electrons. The molecule has 1 fully saturated rings. The summed E-state index contributed by atoms with van der Waals surface area (Å²) in [4.78, 5) is 7.79. The Morgan fingerprint density at radius 3 is 2.95 bits per heavy atom. The van der Waals surface area contributed by atoms with Crippen molar-refractivity contribution in [3.63, 3.8) is 0 Å². The van der Waals surface area contributed by atoms with Crippen molar-refractivity contribution in [3.8, 4) is 0 Å². The number of hydrogen-bond acceptors (Lipinski definition) is 2. The third-order valence-electron chi connectivity index (χ3n) is 6.01. The van der Waals surface area contributed by atoms with E-state index in [9.17, 15) is 0 Å². The molecule has 1 aromatic carbocycles. The molecular formula is C16H21N3. The Morgan fingerprint density at radius 2 is 2.11 bits per heavy atom. The molecule has 0 saturated carbocycles. The summed E-state index contributed by atoms with van der Waals surface area (Å²) in [5, 5.41) is 3.73. The second-order valence-corrected chi connectivity index (χ2v) is 6.91. The maximum absolute atomic E-state index is 4.55. The van der Waals surface area contributed by atoms with Gasteiger partial charge in [0.25, 0.3) is 0 Å². The summed E-state index contributed by atoms with van der Waals surface area (Å²) in [6.45, 7) is 8.41. The molecule has 2 N–H and O–H groups in total. The van der Waals surface area contributed by atoms with Crippen LogP contribution in [0.1, 0.15) is 38.3 Å². The third kappa shape index (κ3) is 1.24. The molecule has 1 aromatic heterocycles. The Balaban J connectivity index is 2.05. The minimum Gasteiger partial charge on any atom is -0.345 e. The first-order valence-corrected chi connectivity index (χ1v) is 7.23. The van der Waals surface area contributed by atoms with E-state index in [4.69, 9.17) is 0 Å². The van der Waals surface area contributed by atoms with E-state index in [0.29, 0.717) is 11.5 Å². The van der Waals surface area contributed by atoms with Gasteiger partial charge in [-0.1, -0.05) is 26.8 Å². The quantitative estimate of drug-likeness (QED) is 0.760. The zero-order chi connectivity index (χ0) is 13.3. The van der Waals surface area contributed by atoms with Crippen molar-refractivity contribution < 1.29 is 0 Å². The molecule has 0 amide bonds. The van der Waals surface area contributed by atoms with E-state index in [-0.39, 0.29) is 5.41 Å². The van der Waals surface area contributed by atoms with Gasteiger partial charge in [0, 0.05) is 11.5 Å². The molecule has 19 heavy (non-hydrogen) atoms. The molecule has 1 aliphatic carbocycles. The minimum atomic E-state index is 0.254. The lowest BCUT2D eigenvalue weighted by Gasteiger charge is -2.57. The van der Waals surface area contributed by atoms with Crippen LogP contribution in [0.3, 0.4) is 0 Å². The smallest absolute Gasteiger partial charge is 0.0931 e. The average molecular weight is 255 g/mol. The summed E-state index contributed by atoms with van der Waals surface area (Å²) in [5.74, 6) is 0. The van der Waals surface area contributed by atoms with Crippen LogP contribution in [0.5, 0.6) is 0 Å². The Bertz CT molecular complexity index is 655. The predicted molar refractivity (Wildman–Crippen MR) is 77.3 cm³/mol. The number of imidazole rings is 1. The second kappa shape index (κ2) is 3.40. The summed E-state index contributed by atoms with van der Waals surface area (Å²) >= 11 is 0. The molecule has 0 spiro atoms. The molecule has 2 bridgehead atoms. The summed E-state index contributed by atoms with van der Waals surface area (Å²) in [7, 11) is 0. The Morgan fingerprint density at radius 1 is 1.26 bits per heavy atom. The molecule has 1 unspecified atom stereocenters. The van der Waals surface area contributed by atoms with Crippen LogP contribution in [0.4, 0.5) is 0 Å². The number of fused-ring (bicyclic) bond motifs is 6. The van der Waals surface area contributed by atoms with Crippen molar-refractivity contribution in [2.24, 2.45) is 5.41 Å². The number of aromatic amines is 1. The van der Waals surface area contributed by atoms with Crippen LogP contribution < -0.4 is 5.32 Å². The molecule has 2 heterocycles. The van der Waals surface area contributed by atoms with Crippen LogP contribution in [-0.2, 0) is 11.8 Å². The number of rotatable bonds is 0. The van der Waals surface area contributed by atoms with E-state index >= 15 is 0 Å². The van der Waals surface area contributed by atoms with Gasteiger partial charge in [0.15, 0.2) is 0 Å². The number of benzene rings is 1. The van der Waals surface area contributed by atoms with Crippen molar-refractivity contribution in [1.29, 1.82) is 0 Å². The Hall–Kier alpha value is -1.35. The lowest BCUT2D eigenvalue weighted by atomic mass is 9.51. The van der Waals surface area contributed by atoms with Gasteiger partial charge in [0.2, 0.25) is 0 Å². The van der Waals surface area contributed by atoms with Gasteiger partial charge in [-0.15, -0.1) is 0 Å². The van der Waals surface area contributed by atoms with Gasteiger partial charge < -0.3 is 10.3 Å². The van der Waals surface area contributed by atoms with Gasteiger partial charge in [-0.25, -0.2) is 4.98 Å². The van der Waals surface area contributed by atoms with E-state index in [1.165, 1.54) is 28.6 Å². The number of piperidine rings is 1. The molecule has 2 aliphatic rings. The normalized spacial score (nSPS) is 32.3. The second-order valence-electron chi connectivity index (χ2n) is 6.91. The summed E-state index contributed by atoms with van der Waals surface area (Å²) in [6, 6.07) is 5.09. The van der Waals surface area contributed by atoms with E-state index in [0.717, 1.165) is 13.0 Å². The lowest BCUT2D eigenvalue weighted by Crippen LogP contribution is -2.62. The van der Waals surface area contributed by atoms with Crippen molar-refractivity contribution in [2.75, 3.05) is 6.54 Å². The Labute approximate surface area is 113 Å². The molecule has 3 nitrogen and oxygen atoms in total. The standard InChI is InChI=1S/C16H21N3/c1-15(2)13-8-10-11(16(15,3)6-7-17-13)4-5-12-14(10)19-9-18-12/h4-5,9,13,17H,6-8H2,1-3H3,(H,18,19)/t13-,16?/m1/s1. The highest BCUT2D eigenvalue weighted by Crippen LogP contribution is 2.54. The number of H-pyrrole nitrogens is 1. The van der Waals surface area contributed by atoms with Crippen LogP contribution >= 0.6 is 0 Å². The molecule has 2 aromatic rings. The van der Waals surface area contributed by atoms with Crippen LogP contribution in [0.25, 0.3) is 11.0 Å². The van der Waals surface area contributed by atoms with Crippen molar-refractivity contribution in [3.05, 3.63) is 29.6 Å². The highest BCUT2D eigenvalue weighted by Gasteiger charge is 2.53. The molecule has 2 atom stereocenters. The monoisotopic (exact) mass is 255 g/mol. The number of aromatic nitrogens is 2. The van der Waals surface area contributed by atoms with Crippen LogP contribution in [0.2, 0.25) is 0 Å². The van der Waals surface area contributed by atoms with E-state index in [1.807, 2.05) is 6.33 Å². The van der Waals surface area contributed by atoms with Crippen molar-refractivity contribution in [2.45, 2.75) is 45.1 Å². The minimum absolute atomic E-state index is 0.254. The van der Waals surface area contributed by atoms with Gasteiger partial charge in [-0.2, -0.15) is 0 Å². The van der Waals surface area contributed by atoms with Gasteiger partial charge in [0.05, 0.1) is 17.4 Å². The topological polar surface area (TPSA) is 40.7 Å². The van der Waals surface area contributed by atoms with Crippen molar-refractivity contribution >= 4 is 11.0 Å². The van der Waals surface area contributed by atoms with Crippen LogP contribution in [0.15, 0.2) is 18.5 Å². The van der Waals surface area contributed by atoms with E-state index in [1.54, 1.807) is 0 Å². The third-order valence-corrected chi connectivity index (χ3v) is 6.01. The first-order chi connectivity index (χ1) is 9.04. The van der Waals surface area contributed by atoms with Gasteiger partial charge in [-0.3, -0.25) is 0 Å². The van der Waals surface area contributed by atoms with E-state index < -0.39 is 0 Å². The fourth-order valence-corrected chi connectivity index (χ4v) is 4.26. The molecule has 100 valence electrons. The average Bonchev–Trinajstić information content (AvgIpc) is 2.81. The Kier molecular flexibility index (Phi) is 2.05. The summed E-state index contributed by atoms with van der Waals surface area (Å²) < 4.78 is 0. The first-order valence-electron chi connectivity index (χ1n) is 7.23. The van der Waals surface area contributed by atoms with Crippen LogP contribution in [-0.4, -0.2) is 22.6 Å². The summed E-state index contributed by atoms with van der Waals surface area (Å²) in [6.07, 6.45) is 4.12. The first kappa shape index (κ1) is 11.5. The fraction of sp³-hybridized carbons (Fsp3) is 0.562. The zero-order valence-electron chi connectivity index (χ0n) is 11.9. The molecular weight excluding hydrogens is 234 g/mol. The number of nitrogens with zero attached hydrogens (tertiary/aromatic N) is 1. The van der Waals surface area contributed by atoms with Crippen molar-refractivity contribution in [1.82, 2.24) is 15.3 Å². The zero-order valence-corrected chi connectivity index (χ0v) is 11.9. The number of hydrogen-bond donors (Lipinski definition) is 2. The van der Waals surface area contributed by atoms with Crippen LogP contribution in [0, 0.1) is 5.41 Å². The maximum atomic E-state index is 4.55. The van der Waals surface area contributed by atoms with Gasteiger partial charge in [-0.05, 0) is 42.0 Å². The van der Waals surface area contributed by atoms with E-state index in [2.05, 4.69) is 48.2 Å².